The Morgan fingerprint density at radius 2 is 1.90 bits per heavy atom. The topological polar surface area (TPSA) is 76.1 Å². The average molecular weight is 443 g/mol. The lowest BCUT2D eigenvalue weighted by atomic mass is 9.75. The van der Waals surface area contributed by atoms with Crippen LogP contribution in [0.15, 0.2) is 12.4 Å². The number of anilines is 1. The first-order valence-electron chi connectivity index (χ1n) is 11.1. The molecule has 9 heteroatoms. The van der Waals surface area contributed by atoms with E-state index in [1.807, 2.05) is 6.92 Å². The van der Waals surface area contributed by atoms with Gasteiger partial charge in [-0.25, -0.2) is 14.8 Å². The molecule has 0 spiro atoms. The van der Waals surface area contributed by atoms with E-state index in [1.54, 1.807) is 0 Å². The number of amides is 1. The van der Waals surface area contributed by atoms with Crippen molar-refractivity contribution in [2.24, 2.45) is 17.8 Å². The summed E-state index contributed by atoms with van der Waals surface area (Å²) in [6, 6.07) is -0.232. The van der Waals surface area contributed by atoms with Crippen molar-refractivity contribution in [1.29, 1.82) is 0 Å². The standard InChI is InChI=1S/C22H33F3N4O2/c1-13(2)16-8-7-14(3)10-17(16)31-20(30)28-18-6-5-9-21(18,4)29-19-26-11-15(12-27-19)22(23,24)25/h11-14,16-18H,5-10H2,1-4H3,(H,28,30)(H,26,27,29)/t14-,16+,17-,18?,21?/m1/s1. The van der Waals surface area contributed by atoms with Gasteiger partial charge in [-0.05, 0) is 56.8 Å². The first-order valence-corrected chi connectivity index (χ1v) is 11.1. The summed E-state index contributed by atoms with van der Waals surface area (Å²) in [5.74, 6) is 1.44. The number of alkyl halides is 3. The van der Waals surface area contributed by atoms with E-state index in [-0.39, 0.29) is 18.1 Å². The number of aromatic nitrogens is 2. The Hall–Kier alpha value is -2.06. The fraction of sp³-hybridized carbons (Fsp3) is 0.773. The largest absolute Gasteiger partial charge is 0.446 e. The summed E-state index contributed by atoms with van der Waals surface area (Å²) >= 11 is 0. The summed E-state index contributed by atoms with van der Waals surface area (Å²) in [7, 11) is 0. The second kappa shape index (κ2) is 9.20. The normalized spacial score (nSPS) is 31.5. The van der Waals surface area contributed by atoms with E-state index < -0.39 is 23.4 Å². The maximum atomic E-state index is 12.7. The number of halogens is 3. The Morgan fingerprint density at radius 1 is 1.23 bits per heavy atom. The Balaban J connectivity index is 1.62. The van der Waals surface area contributed by atoms with E-state index in [0.29, 0.717) is 17.8 Å². The highest BCUT2D eigenvalue weighted by atomic mass is 19.4. The molecular weight excluding hydrogens is 409 g/mol. The van der Waals surface area contributed by atoms with Crippen molar-refractivity contribution in [3.05, 3.63) is 18.0 Å². The Morgan fingerprint density at radius 3 is 2.52 bits per heavy atom. The molecular formula is C22H33F3N4O2. The molecule has 0 radical (unpaired) electrons. The summed E-state index contributed by atoms with van der Waals surface area (Å²) in [5.41, 5.74) is -1.47. The maximum absolute atomic E-state index is 12.7. The van der Waals surface area contributed by atoms with E-state index in [4.69, 9.17) is 4.74 Å². The number of carbonyl (C=O) groups excluding carboxylic acids is 1. The molecule has 0 bridgehead atoms. The third-order valence-electron chi connectivity index (χ3n) is 6.85. The van der Waals surface area contributed by atoms with Gasteiger partial charge in [0.1, 0.15) is 6.10 Å². The number of alkyl carbamates (subject to hydrolysis) is 1. The molecule has 1 heterocycles. The Labute approximate surface area is 181 Å². The lowest BCUT2D eigenvalue weighted by molar-refractivity contribution is -0.138. The fourth-order valence-electron chi connectivity index (χ4n) is 4.91. The van der Waals surface area contributed by atoms with Gasteiger partial charge in [-0.15, -0.1) is 0 Å². The molecule has 2 N–H and O–H groups in total. The molecule has 0 saturated heterocycles. The molecule has 31 heavy (non-hydrogen) atoms. The molecule has 2 aliphatic carbocycles. The van der Waals surface area contributed by atoms with Gasteiger partial charge in [0, 0.05) is 12.4 Å². The predicted octanol–water partition coefficient (Wildman–Crippen LogP) is 5.41. The van der Waals surface area contributed by atoms with Gasteiger partial charge in [0.2, 0.25) is 5.95 Å². The van der Waals surface area contributed by atoms with Gasteiger partial charge in [0.05, 0.1) is 17.1 Å². The van der Waals surface area contributed by atoms with Gasteiger partial charge in [-0.3, -0.25) is 0 Å². The van der Waals surface area contributed by atoms with E-state index in [9.17, 15) is 18.0 Å². The van der Waals surface area contributed by atoms with Crippen molar-refractivity contribution in [2.75, 3.05) is 5.32 Å². The van der Waals surface area contributed by atoms with Crippen molar-refractivity contribution in [3.63, 3.8) is 0 Å². The van der Waals surface area contributed by atoms with Gasteiger partial charge >= 0.3 is 12.3 Å². The summed E-state index contributed by atoms with van der Waals surface area (Å²) in [5, 5.41) is 6.12. The zero-order valence-electron chi connectivity index (χ0n) is 18.6. The van der Waals surface area contributed by atoms with Crippen molar-refractivity contribution in [1.82, 2.24) is 15.3 Å². The number of rotatable bonds is 5. The van der Waals surface area contributed by atoms with Gasteiger partial charge in [-0.1, -0.05) is 27.2 Å². The highest BCUT2D eigenvalue weighted by Crippen LogP contribution is 2.36. The SMILES string of the molecule is CC(C)[C@@H]1CC[C@@H](C)C[C@H]1OC(=O)NC1CCCC1(C)Nc1ncc(C(F)(F)F)cn1. The van der Waals surface area contributed by atoms with Crippen molar-refractivity contribution in [3.8, 4) is 0 Å². The molecule has 2 saturated carbocycles. The van der Waals surface area contributed by atoms with Crippen LogP contribution in [0, 0.1) is 17.8 Å². The maximum Gasteiger partial charge on any atom is 0.419 e. The Kier molecular flexibility index (Phi) is 7.01. The van der Waals surface area contributed by atoms with Crippen LogP contribution in [-0.2, 0) is 10.9 Å². The number of nitrogens with zero attached hydrogens (tertiary/aromatic N) is 2. The third-order valence-corrected chi connectivity index (χ3v) is 6.85. The smallest absolute Gasteiger partial charge is 0.419 e. The average Bonchev–Trinajstić information content (AvgIpc) is 3.01. The zero-order valence-corrected chi connectivity index (χ0v) is 18.6. The number of hydrogen-bond acceptors (Lipinski definition) is 5. The fourth-order valence-corrected chi connectivity index (χ4v) is 4.91. The highest BCUT2D eigenvalue weighted by Gasteiger charge is 2.42. The van der Waals surface area contributed by atoms with Crippen LogP contribution in [0.1, 0.15) is 71.8 Å². The molecule has 1 aromatic heterocycles. The minimum Gasteiger partial charge on any atom is -0.446 e. The lowest BCUT2D eigenvalue weighted by Gasteiger charge is -2.38. The molecule has 2 fully saturated rings. The summed E-state index contributed by atoms with van der Waals surface area (Å²) in [6.45, 7) is 8.44. The number of nitrogens with one attached hydrogen (secondary N) is 2. The molecule has 1 aromatic rings. The van der Waals surface area contributed by atoms with Gasteiger partial charge < -0.3 is 15.4 Å². The van der Waals surface area contributed by atoms with E-state index in [0.717, 1.165) is 50.9 Å². The molecule has 3 rings (SSSR count). The minimum atomic E-state index is -4.48. The number of ether oxygens (including phenoxy) is 1. The second-order valence-corrected chi connectivity index (χ2v) is 9.69. The van der Waals surface area contributed by atoms with Crippen molar-refractivity contribution >= 4 is 12.0 Å². The molecule has 2 unspecified atom stereocenters. The molecule has 6 nitrogen and oxygen atoms in total. The summed E-state index contributed by atoms with van der Waals surface area (Å²) in [4.78, 5) is 20.3. The van der Waals surface area contributed by atoms with Crippen molar-refractivity contribution < 1.29 is 22.7 Å². The van der Waals surface area contributed by atoms with E-state index >= 15 is 0 Å². The van der Waals surface area contributed by atoms with Crippen LogP contribution in [0.2, 0.25) is 0 Å². The van der Waals surface area contributed by atoms with Crippen LogP contribution in [0.3, 0.4) is 0 Å². The molecule has 0 aliphatic heterocycles. The lowest BCUT2D eigenvalue weighted by Crippen LogP contribution is -2.53. The van der Waals surface area contributed by atoms with Gasteiger partial charge in [0.25, 0.3) is 0 Å². The molecule has 0 aromatic carbocycles. The van der Waals surface area contributed by atoms with Crippen LogP contribution in [-0.4, -0.2) is 33.7 Å². The van der Waals surface area contributed by atoms with Crippen LogP contribution in [0.5, 0.6) is 0 Å². The Bertz CT molecular complexity index is 756. The molecule has 5 atom stereocenters. The van der Waals surface area contributed by atoms with Crippen molar-refractivity contribution in [2.45, 2.75) is 90.1 Å². The second-order valence-electron chi connectivity index (χ2n) is 9.69. The van der Waals surface area contributed by atoms with E-state index in [2.05, 4.69) is 41.4 Å². The quantitative estimate of drug-likeness (QED) is 0.638. The van der Waals surface area contributed by atoms with Crippen LogP contribution < -0.4 is 10.6 Å². The first kappa shape index (κ1) is 23.6. The predicted molar refractivity (Wildman–Crippen MR) is 111 cm³/mol. The van der Waals surface area contributed by atoms with Crippen LogP contribution >= 0.6 is 0 Å². The van der Waals surface area contributed by atoms with E-state index in [1.165, 1.54) is 0 Å². The molecule has 1 amide bonds. The highest BCUT2D eigenvalue weighted by molar-refractivity contribution is 5.68. The van der Waals surface area contributed by atoms with Gasteiger partial charge in [0.15, 0.2) is 0 Å². The summed E-state index contributed by atoms with van der Waals surface area (Å²) in [6.07, 6.45) is 1.95. The molecule has 2 aliphatic rings. The zero-order chi connectivity index (χ0) is 22.8. The minimum absolute atomic E-state index is 0.0948. The number of carbonyl (C=O) groups is 1. The first-order chi connectivity index (χ1) is 14.5. The van der Waals surface area contributed by atoms with Gasteiger partial charge in [-0.2, -0.15) is 13.2 Å². The monoisotopic (exact) mass is 442 g/mol. The van der Waals surface area contributed by atoms with Crippen LogP contribution in [0.4, 0.5) is 23.9 Å². The number of hydrogen-bond donors (Lipinski definition) is 2. The van der Waals surface area contributed by atoms with Crippen LogP contribution in [0.25, 0.3) is 0 Å². The molecule has 174 valence electrons. The summed E-state index contributed by atoms with van der Waals surface area (Å²) < 4.78 is 44.1. The third kappa shape index (κ3) is 5.80.